The molecule has 2 rings (SSSR count). The van der Waals surface area contributed by atoms with Gasteiger partial charge in [0.1, 0.15) is 17.6 Å². The Morgan fingerprint density at radius 3 is 2.24 bits per heavy atom. The summed E-state index contributed by atoms with van der Waals surface area (Å²) in [5, 5.41) is 24.2. The normalized spacial score (nSPS) is 31.7. The quantitative estimate of drug-likeness (QED) is 0.227. The minimum atomic E-state index is -0.961. The molecule has 0 saturated carbocycles. The number of amides is 2. The van der Waals surface area contributed by atoms with Gasteiger partial charge < -0.3 is 44.9 Å². The summed E-state index contributed by atoms with van der Waals surface area (Å²) in [6, 6.07) is 2.68. The molecule has 0 radical (unpaired) electrons. The topological polar surface area (TPSA) is 159 Å². The van der Waals surface area contributed by atoms with E-state index in [4.69, 9.17) is 29.4 Å². The number of carbonyl (C=O) groups excluding carboxylic acids is 2. The third-order valence-corrected chi connectivity index (χ3v) is 7.31. The molecule has 1 aliphatic rings. The lowest BCUT2D eigenvalue weighted by Gasteiger charge is -2.33. The van der Waals surface area contributed by atoms with E-state index in [1.165, 1.54) is 26.4 Å². The first kappa shape index (κ1) is 33.8. The van der Waals surface area contributed by atoms with E-state index in [0.717, 1.165) is 0 Å². The first-order valence-electron chi connectivity index (χ1n) is 13.4. The fourth-order valence-electron chi connectivity index (χ4n) is 5.24. The van der Waals surface area contributed by atoms with Crippen molar-refractivity contribution in [3.63, 3.8) is 0 Å². The first-order chi connectivity index (χ1) is 19.4. The lowest BCUT2D eigenvalue weighted by molar-refractivity contribution is -0.112. The third kappa shape index (κ3) is 8.80. The standard InChI is InChI=1S/C30H44N2O9/c1-16-10-9-11-23(37-5)28(41-30(31)36)18(3)12-17(2)27(40-8)24(38-6)13-19(4)26(39-7)21-14-20(33)15-22(25(21)34)32-29(16)35/h9-12,14-15,17,19,23-24,26-28,33-34H,13H2,1-8H3,(H2,31,36)(H,32,35)/b11-9+,16-10+,18-12+/t17-,19-,23-,24?,26+,27+,28-/m0/s1. The number of fused-ring (bicyclic) bond motifs is 2. The number of hydrogen-bond acceptors (Lipinski definition) is 9. The Kier molecular flexibility index (Phi) is 12.8. The number of nitrogens with one attached hydrogen (secondary N) is 1. The van der Waals surface area contributed by atoms with E-state index in [-0.39, 0.29) is 29.0 Å². The molecule has 0 aromatic heterocycles. The van der Waals surface area contributed by atoms with Crippen LogP contribution in [-0.2, 0) is 28.5 Å². The van der Waals surface area contributed by atoms with Crippen molar-refractivity contribution in [3.8, 4) is 11.5 Å². The first-order valence-corrected chi connectivity index (χ1v) is 13.4. The van der Waals surface area contributed by atoms with Crippen LogP contribution < -0.4 is 11.1 Å². The largest absolute Gasteiger partial charge is 0.508 e. The van der Waals surface area contributed by atoms with Crippen LogP contribution in [0.25, 0.3) is 0 Å². The van der Waals surface area contributed by atoms with Crippen molar-refractivity contribution in [2.75, 3.05) is 33.8 Å². The van der Waals surface area contributed by atoms with E-state index in [1.807, 2.05) is 19.9 Å². The molecular formula is C30H44N2O9. The van der Waals surface area contributed by atoms with Gasteiger partial charge in [0.2, 0.25) is 0 Å². The van der Waals surface area contributed by atoms with Crippen molar-refractivity contribution in [1.29, 1.82) is 0 Å². The molecule has 1 unspecified atom stereocenters. The number of allylic oxidation sites excluding steroid dienone is 2. The predicted octanol–water partition coefficient (Wildman–Crippen LogP) is 4.36. The van der Waals surface area contributed by atoms with E-state index in [2.05, 4.69) is 5.32 Å². The van der Waals surface area contributed by atoms with Crippen molar-refractivity contribution >= 4 is 17.7 Å². The average Bonchev–Trinajstić information content (AvgIpc) is 2.91. The van der Waals surface area contributed by atoms with Crippen LogP contribution in [-0.4, -0.2) is 75.1 Å². The van der Waals surface area contributed by atoms with Crippen LogP contribution in [0.15, 0.2) is 47.6 Å². The van der Waals surface area contributed by atoms with Crippen LogP contribution >= 0.6 is 0 Å². The van der Waals surface area contributed by atoms with E-state index >= 15 is 0 Å². The lowest BCUT2D eigenvalue weighted by Crippen LogP contribution is -2.38. The number of phenolic OH excluding ortho intramolecular Hbond substituents is 2. The molecule has 228 valence electrons. The maximum Gasteiger partial charge on any atom is 0.405 e. The smallest absolute Gasteiger partial charge is 0.405 e. The molecule has 1 aromatic rings. The Hall–Kier alpha value is -3.38. The molecule has 1 aromatic carbocycles. The Labute approximate surface area is 241 Å². The molecular weight excluding hydrogens is 532 g/mol. The molecule has 41 heavy (non-hydrogen) atoms. The van der Waals surface area contributed by atoms with Gasteiger partial charge in [0.05, 0.1) is 24.0 Å². The molecule has 0 fully saturated rings. The molecule has 2 bridgehead atoms. The van der Waals surface area contributed by atoms with Gasteiger partial charge in [-0.15, -0.1) is 0 Å². The summed E-state index contributed by atoms with van der Waals surface area (Å²) in [4.78, 5) is 24.7. The Morgan fingerprint density at radius 1 is 1.00 bits per heavy atom. The highest BCUT2D eigenvalue weighted by molar-refractivity contribution is 6.04. The predicted molar refractivity (Wildman–Crippen MR) is 155 cm³/mol. The van der Waals surface area contributed by atoms with Crippen molar-refractivity contribution in [3.05, 3.63) is 53.1 Å². The van der Waals surface area contributed by atoms with Gasteiger partial charge in [-0.2, -0.15) is 0 Å². The van der Waals surface area contributed by atoms with Crippen molar-refractivity contribution in [1.82, 2.24) is 0 Å². The highest BCUT2D eigenvalue weighted by Gasteiger charge is 2.33. The second-order valence-corrected chi connectivity index (χ2v) is 10.3. The number of methoxy groups -OCH3 is 4. The van der Waals surface area contributed by atoms with E-state index < -0.39 is 42.5 Å². The zero-order chi connectivity index (χ0) is 30.9. The fraction of sp³-hybridized carbons (Fsp3) is 0.533. The molecule has 1 aliphatic heterocycles. The number of ether oxygens (including phenoxy) is 5. The molecule has 5 N–H and O–H groups in total. The van der Waals surface area contributed by atoms with Crippen LogP contribution in [0, 0.1) is 11.8 Å². The highest BCUT2D eigenvalue weighted by atomic mass is 16.6. The van der Waals surface area contributed by atoms with Crippen molar-refractivity contribution in [2.45, 2.75) is 64.6 Å². The molecule has 2 amide bonds. The number of primary amides is 1. The number of carbonyl (C=O) groups is 2. The van der Waals surface area contributed by atoms with Gasteiger partial charge >= 0.3 is 6.09 Å². The van der Waals surface area contributed by atoms with Crippen LogP contribution in [0.4, 0.5) is 10.5 Å². The molecule has 11 heteroatoms. The summed E-state index contributed by atoms with van der Waals surface area (Å²) in [5.41, 5.74) is 6.71. The molecule has 0 aliphatic carbocycles. The number of rotatable bonds is 5. The second-order valence-electron chi connectivity index (χ2n) is 10.3. The number of phenols is 2. The summed E-state index contributed by atoms with van der Waals surface area (Å²) >= 11 is 0. The van der Waals surface area contributed by atoms with E-state index in [9.17, 15) is 19.8 Å². The number of hydrogen-bond donors (Lipinski definition) is 4. The van der Waals surface area contributed by atoms with Gasteiger partial charge in [0.15, 0.2) is 6.10 Å². The zero-order valence-corrected chi connectivity index (χ0v) is 25.0. The van der Waals surface area contributed by atoms with Gasteiger partial charge in [0.25, 0.3) is 5.91 Å². The molecule has 0 saturated heterocycles. The minimum absolute atomic E-state index is 0.0325. The summed E-state index contributed by atoms with van der Waals surface area (Å²) in [6.07, 6.45) is 3.14. The second kappa shape index (κ2) is 15.6. The van der Waals surface area contributed by atoms with Crippen LogP contribution in [0.3, 0.4) is 0 Å². The van der Waals surface area contributed by atoms with Gasteiger partial charge in [0, 0.05) is 51.6 Å². The van der Waals surface area contributed by atoms with Crippen LogP contribution in [0.5, 0.6) is 11.5 Å². The maximum absolute atomic E-state index is 12.9. The summed E-state index contributed by atoms with van der Waals surface area (Å²) in [5.74, 6) is -1.30. The maximum atomic E-state index is 12.9. The SMILES string of the molecule is COC1C[C@H](C)[C@@H](OC)c2cc(O)cc(c2O)NC(=O)/C(C)=C/C=C/[C@H](OC)[C@@H](OC(N)=O)/C(C)=C/[C@H](C)[C@H]1OC. The van der Waals surface area contributed by atoms with Crippen molar-refractivity contribution in [2.24, 2.45) is 17.6 Å². The molecule has 11 nitrogen and oxygen atoms in total. The average molecular weight is 577 g/mol. The van der Waals surface area contributed by atoms with Crippen LogP contribution in [0.1, 0.15) is 45.8 Å². The van der Waals surface area contributed by atoms with E-state index in [0.29, 0.717) is 23.1 Å². The molecule has 1 heterocycles. The number of nitrogens with two attached hydrogens (primary N) is 1. The fourth-order valence-corrected chi connectivity index (χ4v) is 5.24. The van der Waals surface area contributed by atoms with Gasteiger partial charge in [-0.1, -0.05) is 38.2 Å². The number of anilines is 1. The van der Waals surface area contributed by atoms with E-state index in [1.54, 1.807) is 46.3 Å². The Morgan fingerprint density at radius 2 is 1.68 bits per heavy atom. The number of benzene rings is 1. The molecule has 0 spiro atoms. The van der Waals surface area contributed by atoms with Crippen LogP contribution in [0.2, 0.25) is 0 Å². The van der Waals surface area contributed by atoms with Gasteiger partial charge in [-0.05, 0) is 37.8 Å². The Bertz CT molecular complexity index is 1150. The summed E-state index contributed by atoms with van der Waals surface area (Å²) < 4.78 is 28.6. The minimum Gasteiger partial charge on any atom is -0.508 e. The van der Waals surface area contributed by atoms with Crippen molar-refractivity contribution < 1.29 is 43.5 Å². The third-order valence-electron chi connectivity index (χ3n) is 7.31. The summed E-state index contributed by atoms with van der Waals surface area (Å²) in [6.45, 7) is 7.29. The monoisotopic (exact) mass is 576 g/mol. The van der Waals surface area contributed by atoms with Gasteiger partial charge in [-0.25, -0.2) is 4.79 Å². The molecule has 7 atom stereocenters. The summed E-state index contributed by atoms with van der Waals surface area (Å²) in [7, 11) is 6.15. The van der Waals surface area contributed by atoms with Gasteiger partial charge in [-0.3, -0.25) is 4.79 Å². The number of aromatic hydroxyl groups is 2. The Balaban J connectivity index is 2.71. The highest BCUT2D eigenvalue weighted by Crippen LogP contribution is 2.41. The lowest BCUT2D eigenvalue weighted by atomic mass is 9.86. The zero-order valence-electron chi connectivity index (χ0n) is 25.0.